The number of rotatable bonds is 4. The van der Waals surface area contributed by atoms with E-state index in [1.807, 2.05) is 25.1 Å². The minimum absolute atomic E-state index is 0.0546. The molecule has 0 saturated carbocycles. The molecule has 0 radical (unpaired) electrons. The predicted molar refractivity (Wildman–Crippen MR) is 98.8 cm³/mol. The molecule has 0 aliphatic carbocycles. The monoisotopic (exact) mass is 353 g/mol. The lowest BCUT2D eigenvalue weighted by Crippen LogP contribution is -2.40. The second kappa shape index (κ2) is 7.60. The lowest BCUT2D eigenvalue weighted by atomic mass is 9.88. The van der Waals surface area contributed by atoms with E-state index in [1.54, 1.807) is 24.1 Å². The third kappa shape index (κ3) is 3.72. The molecule has 1 N–H and O–H groups in total. The van der Waals surface area contributed by atoms with Crippen molar-refractivity contribution in [3.63, 3.8) is 0 Å². The van der Waals surface area contributed by atoms with Gasteiger partial charge in [-0.2, -0.15) is 0 Å². The van der Waals surface area contributed by atoms with E-state index in [0.29, 0.717) is 42.8 Å². The maximum absolute atomic E-state index is 12.8. The maximum Gasteiger partial charge on any atom is 0.257 e. The fraction of sp³-hybridized carbons (Fsp3) is 0.333. The number of piperidine rings is 1. The summed E-state index contributed by atoms with van der Waals surface area (Å²) in [6.45, 7) is 3.04. The number of amides is 1. The fourth-order valence-electron chi connectivity index (χ4n) is 3.37. The highest BCUT2D eigenvalue weighted by Gasteiger charge is 2.29. The number of aryl methyl sites for hydroxylation is 1. The van der Waals surface area contributed by atoms with E-state index in [9.17, 15) is 14.7 Å². The van der Waals surface area contributed by atoms with Crippen molar-refractivity contribution >= 4 is 11.7 Å². The number of Topliss-reactive ketones (excluding diaryl/α,β-unsaturated/α-hetero) is 1. The first-order valence-corrected chi connectivity index (χ1v) is 8.76. The second-order valence-corrected chi connectivity index (χ2v) is 6.68. The number of aromatic hydroxyl groups is 1. The largest absolute Gasteiger partial charge is 0.508 e. The van der Waals surface area contributed by atoms with Crippen LogP contribution < -0.4 is 4.74 Å². The molecule has 3 rings (SSSR count). The van der Waals surface area contributed by atoms with Crippen LogP contribution in [0.5, 0.6) is 11.5 Å². The van der Waals surface area contributed by atoms with Crippen LogP contribution in [-0.4, -0.2) is 41.9 Å². The molecule has 1 heterocycles. The number of carbonyl (C=O) groups is 2. The van der Waals surface area contributed by atoms with Crippen molar-refractivity contribution in [2.24, 2.45) is 5.92 Å². The molecule has 2 aromatic rings. The highest BCUT2D eigenvalue weighted by molar-refractivity contribution is 5.99. The smallest absolute Gasteiger partial charge is 0.257 e. The van der Waals surface area contributed by atoms with Crippen molar-refractivity contribution in [1.29, 1.82) is 0 Å². The van der Waals surface area contributed by atoms with Gasteiger partial charge in [-0.05, 0) is 56.2 Å². The summed E-state index contributed by atoms with van der Waals surface area (Å²) >= 11 is 0. The Hall–Kier alpha value is -2.82. The van der Waals surface area contributed by atoms with Crippen LogP contribution in [0, 0.1) is 12.8 Å². The number of nitrogens with zero attached hydrogens (tertiary/aromatic N) is 1. The van der Waals surface area contributed by atoms with Gasteiger partial charge in [-0.1, -0.05) is 11.6 Å². The zero-order valence-corrected chi connectivity index (χ0v) is 15.1. The molecule has 136 valence electrons. The zero-order chi connectivity index (χ0) is 18.7. The highest BCUT2D eigenvalue weighted by Crippen LogP contribution is 2.26. The van der Waals surface area contributed by atoms with Gasteiger partial charge in [0.1, 0.15) is 11.5 Å². The van der Waals surface area contributed by atoms with Crippen LogP contribution in [0.4, 0.5) is 0 Å². The minimum atomic E-state index is -0.0944. The predicted octanol–water partition coefficient (Wildman–Crippen LogP) is 3.44. The summed E-state index contributed by atoms with van der Waals surface area (Å²) < 4.78 is 5.32. The van der Waals surface area contributed by atoms with E-state index < -0.39 is 0 Å². The molecular weight excluding hydrogens is 330 g/mol. The quantitative estimate of drug-likeness (QED) is 0.855. The van der Waals surface area contributed by atoms with Gasteiger partial charge < -0.3 is 14.7 Å². The van der Waals surface area contributed by atoms with Crippen LogP contribution in [0.1, 0.15) is 39.1 Å². The van der Waals surface area contributed by atoms with E-state index in [1.165, 1.54) is 12.1 Å². The van der Waals surface area contributed by atoms with Gasteiger partial charge in [-0.3, -0.25) is 9.59 Å². The zero-order valence-electron chi connectivity index (χ0n) is 15.1. The third-order valence-corrected chi connectivity index (χ3v) is 4.89. The molecule has 0 atom stereocenters. The normalized spacial score (nSPS) is 14.9. The summed E-state index contributed by atoms with van der Waals surface area (Å²) in [5, 5.41) is 9.35. The lowest BCUT2D eigenvalue weighted by molar-refractivity contribution is 0.0647. The number of hydrogen-bond donors (Lipinski definition) is 1. The van der Waals surface area contributed by atoms with Gasteiger partial charge in [0, 0.05) is 24.6 Å². The van der Waals surface area contributed by atoms with Crippen molar-refractivity contribution in [2.45, 2.75) is 19.8 Å². The Morgan fingerprint density at radius 3 is 2.35 bits per heavy atom. The first kappa shape index (κ1) is 18.0. The van der Waals surface area contributed by atoms with Gasteiger partial charge >= 0.3 is 0 Å². The molecule has 1 saturated heterocycles. The van der Waals surface area contributed by atoms with Gasteiger partial charge in [0.15, 0.2) is 5.78 Å². The average Bonchev–Trinajstić information content (AvgIpc) is 2.67. The number of phenols is 1. The molecule has 1 amide bonds. The van der Waals surface area contributed by atoms with Crippen LogP contribution in [0.3, 0.4) is 0 Å². The summed E-state index contributed by atoms with van der Waals surface area (Å²) in [5.41, 5.74) is 2.18. The highest BCUT2D eigenvalue weighted by atomic mass is 16.5. The Balaban J connectivity index is 1.66. The number of phenolic OH excluding ortho intramolecular Hbond substituents is 1. The number of ketones is 1. The van der Waals surface area contributed by atoms with Crippen molar-refractivity contribution in [2.75, 3.05) is 20.2 Å². The summed E-state index contributed by atoms with van der Waals surface area (Å²) in [7, 11) is 1.56. The molecule has 5 heteroatoms. The number of benzene rings is 2. The van der Waals surface area contributed by atoms with Crippen LogP contribution in [0.2, 0.25) is 0 Å². The molecule has 0 aromatic heterocycles. The Morgan fingerprint density at radius 1 is 1.08 bits per heavy atom. The van der Waals surface area contributed by atoms with Gasteiger partial charge in [0.25, 0.3) is 5.91 Å². The number of ether oxygens (including phenoxy) is 1. The third-order valence-electron chi connectivity index (χ3n) is 4.89. The molecular formula is C21H23NO4. The molecule has 5 nitrogen and oxygen atoms in total. The van der Waals surface area contributed by atoms with Crippen LogP contribution in [0.15, 0.2) is 42.5 Å². The summed E-state index contributed by atoms with van der Waals surface area (Å²) in [6, 6.07) is 11.9. The van der Waals surface area contributed by atoms with Gasteiger partial charge in [0.05, 0.1) is 12.7 Å². The van der Waals surface area contributed by atoms with E-state index >= 15 is 0 Å². The molecule has 0 spiro atoms. The maximum atomic E-state index is 12.8. The van der Waals surface area contributed by atoms with Crippen molar-refractivity contribution in [3.8, 4) is 11.5 Å². The average molecular weight is 353 g/mol. The molecule has 26 heavy (non-hydrogen) atoms. The lowest BCUT2D eigenvalue weighted by Gasteiger charge is -2.31. The first-order chi connectivity index (χ1) is 12.5. The Kier molecular flexibility index (Phi) is 5.26. The second-order valence-electron chi connectivity index (χ2n) is 6.68. The minimum Gasteiger partial charge on any atom is -0.508 e. The number of hydrogen-bond acceptors (Lipinski definition) is 4. The van der Waals surface area contributed by atoms with Crippen LogP contribution >= 0.6 is 0 Å². The Bertz CT molecular complexity index is 805. The molecule has 1 aliphatic heterocycles. The summed E-state index contributed by atoms with van der Waals surface area (Å²) in [4.78, 5) is 27.2. The molecule has 0 unspecified atom stereocenters. The Morgan fingerprint density at radius 2 is 1.73 bits per heavy atom. The molecule has 0 bridgehead atoms. The molecule has 2 aromatic carbocycles. The topological polar surface area (TPSA) is 66.8 Å². The van der Waals surface area contributed by atoms with Crippen LogP contribution in [-0.2, 0) is 0 Å². The van der Waals surface area contributed by atoms with Gasteiger partial charge in [-0.25, -0.2) is 0 Å². The number of methoxy groups -OCH3 is 1. The molecule has 1 fully saturated rings. The van der Waals surface area contributed by atoms with Gasteiger partial charge in [0.2, 0.25) is 0 Å². The van der Waals surface area contributed by atoms with E-state index in [4.69, 9.17) is 4.74 Å². The van der Waals surface area contributed by atoms with Gasteiger partial charge in [-0.15, -0.1) is 0 Å². The SMILES string of the molecule is COc1ccc(C)cc1C(=O)N1CCC(C(=O)c2ccc(O)cc2)CC1. The summed E-state index contributed by atoms with van der Waals surface area (Å²) in [6.07, 6.45) is 1.28. The van der Waals surface area contributed by atoms with Crippen LogP contribution in [0.25, 0.3) is 0 Å². The van der Waals surface area contributed by atoms with Crippen molar-refractivity contribution in [1.82, 2.24) is 4.90 Å². The van der Waals surface area contributed by atoms with E-state index in [0.717, 1.165) is 5.56 Å². The van der Waals surface area contributed by atoms with E-state index in [-0.39, 0.29) is 23.4 Å². The van der Waals surface area contributed by atoms with E-state index in [2.05, 4.69) is 0 Å². The number of carbonyl (C=O) groups excluding carboxylic acids is 2. The summed E-state index contributed by atoms with van der Waals surface area (Å²) in [5.74, 6) is 0.645. The molecule has 1 aliphatic rings. The number of likely N-dealkylation sites (tertiary alicyclic amines) is 1. The van der Waals surface area contributed by atoms with Crippen molar-refractivity contribution in [3.05, 3.63) is 59.2 Å². The first-order valence-electron chi connectivity index (χ1n) is 8.76. The fourth-order valence-corrected chi connectivity index (χ4v) is 3.37. The van der Waals surface area contributed by atoms with Crippen molar-refractivity contribution < 1.29 is 19.4 Å². The Labute approximate surface area is 153 Å². The standard InChI is InChI=1S/C21H23NO4/c1-14-3-8-19(26-2)18(13-14)21(25)22-11-9-16(10-12-22)20(24)15-4-6-17(23)7-5-15/h3-8,13,16,23H,9-12H2,1-2H3.